The highest BCUT2D eigenvalue weighted by Crippen LogP contribution is 2.31. The normalized spacial score (nSPS) is 22.0. The summed E-state index contributed by atoms with van der Waals surface area (Å²) in [7, 11) is 0. The van der Waals surface area contributed by atoms with Crippen LogP contribution in [0.5, 0.6) is 0 Å². The Kier molecular flexibility index (Phi) is 4.37. The predicted molar refractivity (Wildman–Crippen MR) is 98.3 cm³/mol. The maximum Gasteiger partial charge on any atom is 0.338 e. The molecule has 0 N–H and O–H groups in total. The van der Waals surface area contributed by atoms with Crippen LogP contribution in [-0.2, 0) is 14.3 Å². The molecule has 0 aromatic heterocycles. The lowest BCUT2D eigenvalue weighted by molar-refractivity contribution is -0.129. The number of ether oxygens (including phenoxy) is 2. The second kappa shape index (κ2) is 6.81. The molecule has 1 aromatic rings. The predicted octanol–water partition coefficient (Wildman–Crippen LogP) is 2.19. The molecule has 1 saturated heterocycles. The van der Waals surface area contributed by atoms with Crippen LogP contribution in [0.4, 0.5) is 5.69 Å². The maximum absolute atomic E-state index is 11.1. The average molecular weight is 356 g/mol. The topological polar surface area (TPSA) is 75.9 Å². The van der Waals surface area contributed by atoms with E-state index in [2.05, 4.69) is 32.2 Å². The highest BCUT2D eigenvalue weighted by atomic mass is 32.2. The number of hydrogen-bond donors (Lipinski definition) is 0. The Bertz CT molecular complexity index is 821. The third kappa shape index (κ3) is 3.49. The number of benzene rings is 1. The van der Waals surface area contributed by atoms with Gasteiger partial charge < -0.3 is 14.4 Å². The Balaban J connectivity index is 1.45. The lowest BCUT2D eigenvalue weighted by Gasteiger charge is -2.28. The van der Waals surface area contributed by atoms with E-state index >= 15 is 0 Å². The minimum Gasteiger partial charge on any atom is -0.403 e. The Hall–Kier alpha value is -2.45. The smallest absolute Gasteiger partial charge is 0.338 e. The van der Waals surface area contributed by atoms with Crippen molar-refractivity contribution in [2.24, 2.45) is 15.2 Å². The lowest BCUT2D eigenvalue weighted by Crippen LogP contribution is -2.36. The third-order valence-corrected chi connectivity index (χ3v) is 4.87. The van der Waals surface area contributed by atoms with Gasteiger partial charge in [0.05, 0.1) is 23.8 Å². The number of aliphatic imine (C=N–C) groups is 1. The summed E-state index contributed by atoms with van der Waals surface area (Å²) < 4.78 is 10.3. The molecule has 0 bridgehead atoms. The highest BCUT2D eigenvalue weighted by molar-refractivity contribution is 8.18. The van der Waals surface area contributed by atoms with Gasteiger partial charge in [0.2, 0.25) is 11.1 Å². The fraction of sp³-hybridized carbons (Fsp3) is 0.294. The Labute approximate surface area is 149 Å². The number of morpholine rings is 1. The molecule has 25 heavy (non-hydrogen) atoms. The average Bonchev–Trinajstić information content (AvgIpc) is 3.17. The molecule has 7 nitrogen and oxygen atoms in total. The van der Waals surface area contributed by atoms with Gasteiger partial charge in [0.1, 0.15) is 0 Å². The lowest BCUT2D eigenvalue weighted by atomic mass is 10.1. The number of thioether (sulfide) groups is 1. The maximum atomic E-state index is 11.1. The summed E-state index contributed by atoms with van der Waals surface area (Å²) >= 11 is 1.28. The molecule has 3 heterocycles. The molecular formula is C17H16N4O3S. The first kappa shape index (κ1) is 16.0. The van der Waals surface area contributed by atoms with Crippen LogP contribution in [-0.4, -0.2) is 49.0 Å². The van der Waals surface area contributed by atoms with Crippen molar-refractivity contribution in [1.29, 1.82) is 0 Å². The van der Waals surface area contributed by atoms with Crippen LogP contribution in [0.15, 0.2) is 50.4 Å². The standard InChI is InChI=1S/C17H16N4O3S/c1-11(19-20-17-18-16-14(25-17)10-15(22)24-16)12-2-4-13(5-3-12)21-6-8-23-9-7-21/h2-5,10H,6-9H2,1H3/b19-11+,20-17+. The number of hydrogen-bond acceptors (Lipinski definition) is 7. The zero-order valence-electron chi connectivity index (χ0n) is 13.6. The van der Waals surface area contributed by atoms with Crippen molar-refractivity contribution in [2.75, 3.05) is 31.2 Å². The molecule has 0 radical (unpaired) electrons. The number of anilines is 1. The van der Waals surface area contributed by atoms with Gasteiger partial charge in [-0.1, -0.05) is 12.1 Å². The van der Waals surface area contributed by atoms with E-state index in [1.807, 2.05) is 19.1 Å². The van der Waals surface area contributed by atoms with Gasteiger partial charge in [-0.3, -0.25) is 0 Å². The summed E-state index contributed by atoms with van der Waals surface area (Å²) in [6.07, 6.45) is 1.41. The first-order valence-electron chi connectivity index (χ1n) is 7.95. The van der Waals surface area contributed by atoms with E-state index in [0.29, 0.717) is 16.0 Å². The van der Waals surface area contributed by atoms with Gasteiger partial charge in [-0.15, -0.1) is 5.10 Å². The fourth-order valence-electron chi connectivity index (χ4n) is 2.66. The number of esters is 1. The van der Waals surface area contributed by atoms with E-state index in [-0.39, 0.29) is 5.97 Å². The number of fused-ring (bicyclic) bond motifs is 1. The number of nitrogens with zero attached hydrogens (tertiary/aromatic N) is 4. The molecule has 0 atom stereocenters. The van der Waals surface area contributed by atoms with Gasteiger partial charge in [-0.25, -0.2) is 4.79 Å². The van der Waals surface area contributed by atoms with Crippen LogP contribution in [0.3, 0.4) is 0 Å². The molecular weight excluding hydrogens is 340 g/mol. The van der Waals surface area contributed by atoms with Crippen LogP contribution in [0.2, 0.25) is 0 Å². The SMILES string of the molecule is C/C(=N\N=C1/N=C2OC(=O)C=C2S1)c1ccc(N2CCOCC2)cc1. The number of carbonyl (C=O) groups excluding carboxylic acids is 1. The minimum absolute atomic E-state index is 0.316. The van der Waals surface area contributed by atoms with E-state index in [1.54, 1.807) is 0 Å². The van der Waals surface area contributed by atoms with Gasteiger partial charge in [0.15, 0.2) is 0 Å². The Morgan fingerprint density at radius 1 is 1.24 bits per heavy atom. The quantitative estimate of drug-likeness (QED) is 0.471. The van der Waals surface area contributed by atoms with Crippen LogP contribution >= 0.6 is 11.8 Å². The van der Waals surface area contributed by atoms with E-state index in [0.717, 1.165) is 37.6 Å². The molecule has 1 fully saturated rings. The van der Waals surface area contributed by atoms with Crippen LogP contribution < -0.4 is 4.90 Å². The van der Waals surface area contributed by atoms with Crippen molar-refractivity contribution in [2.45, 2.75) is 6.92 Å². The van der Waals surface area contributed by atoms with Gasteiger partial charge in [0.25, 0.3) is 0 Å². The highest BCUT2D eigenvalue weighted by Gasteiger charge is 2.30. The summed E-state index contributed by atoms with van der Waals surface area (Å²) in [6.45, 7) is 5.27. The molecule has 0 amide bonds. The van der Waals surface area contributed by atoms with E-state index in [1.165, 1.54) is 23.5 Å². The van der Waals surface area contributed by atoms with E-state index in [4.69, 9.17) is 9.47 Å². The van der Waals surface area contributed by atoms with Crippen LogP contribution in [0.1, 0.15) is 12.5 Å². The van der Waals surface area contributed by atoms with Gasteiger partial charge >= 0.3 is 5.97 Å². The Morgan fingerprint density at radius 2 is 2.00 bits per heavy atom. The monoisotopic (exact) mass is 356 g/mol. The second-order valence-electron chi connectivity index (χ2n) is 5.66. The zero-order chi connectivity index (χ0) is 17.2. The fourth-order valence-corrected chi connectivity index (χ4v) is 3.39. The largest absolute Gasteiger partial charge is 0.403 e. The van der Waals surface area contributed by atoms with Crippen molar-refractivity contribution in [1.82, 2.24) is 0 Å². The molecule has 3 aliphatic rings. The summed E-state index contributed by atoms with van der Waals surface area (Å²) in [5.74, 6) is -0.0724. The van der Waals surface area contributed by atoms with Crippen molar-refractivity contribution in [3.63, 3.8) is 0 Å². The summed E-state index contributed by atoms with van der Waals surface area (Å²) in [5, 5.41) is 8.85. The molecule has 0 aliphatic carbocycles. The van der Waals surface area contributed by atoms with E-state index < -0.39 is 0 Å². The van der Waals surface area contributed by atoms with Crippen molar-refractivity contribution >= 4 is 40.2 Å². The van der Waals surface area contributed by atoms with Crippen LogP contribution in [0.25, 0.3) is 0 Å². The first-order valence-corrected chi connectivity index (χ1v) is 8.76. The van der Waals surface area contributed by atoms with Gasteiger partial charge in [0, 0.05) is 24.9 Å². The summed E-state index contributed by atoms with van der Waals surface area (Å²) in [6, 6.07) is 8.26. The van der Waals surface area contributed by atoms with Crippen molar-refractivity contribution in [3.05, 3.63) is 40.8 Å². The van der Waals surface area contributed by atoms with Crippen molar-refractivity contribution in [3.8, 4) is 0 Å². The zero-order valence-corrected chi connectivity index (χ0v) is 14.5. The number of rotatable bonds is 3. The van der Waals surface area contributed by atoms with Gasteiger partial charge in [-0.2, -0.15) is 10.1 Å². The second-order valence-corrected chi connectivity index (χ2v) is 6.67. The first-order chi connectivity index (χ1) is 12.2. The third-order valence-electron chi connectivity index (χ3n) is 4.00. The summed E-state index contributed by atoms with van der Waals surface area (Å²) in [4.78, 5) is 18.2. The van der Waals surface area contributed by atoms with Crippen molar-refractivity contribution < 1.29 is 14.3 Å². The summed E-state index contributed by atoms with van der Waals surface area (Å²) in [5.41, 5.74) is 2.98. The molecule has 0 spiro atoms. The van der Waals surface area contributed by atoms with Crippen LogP contribution in [0, 0.1) is 0 Å². The van der Waals surface area contributed by atoms with E-state index in [9.17, 15) is 4.79 Å². The molecule has 1 aromatic carbocycles. The number of carbonyl (C=O) groups is 1. The molecule has 4 rings (SSSR count). The molecule has 0 unspecified atom stereocenters. The van der Waals surface area contributed by atoms with Gasteiger partial charge in [-0.05, 0) is 36.4 Å². The minimum atomic E-state index is -0.389. The molecule has 0 saturated carbocycles. The molecule has 8 heteroatoms. The number of amidine groups is 1. The Morgan fingerprint density at radius 3 is 2.72 bits per heavy atom. The molecule has 3 aliphatic heterocycles. The molecule has 128 valence electrons.